The molecule has 0 N–H and O–H groups in total. The van der Waals surface area contributed by atoms with Gasteiger partial charge < -0.3 is 4.74 Å². The highest BCUT2D eigenvalue weighted by atomic mass is 16.6. The number of hydrogen-bond donors (Lipinski definition) is 0. The molecule has 0 saturated carbocycles. The molecule has 0 radical (unpaired) electrons. The van der Waals surface area contributed by atoms with Crippen molar-refractivity contribution in [2.24, 2.45) is 22.7 Å². The van der Waals surface area contributed by atoms with Crippen LogP contribution in [-0.2, 0) is 9.47 Å². The molecule has 2 aliphatic heterocycles. The van der Waals surface area contributed by atoms with Gasteiger partial charge >= 0.3 is 0 Å². The van der Waals surface area contributed by atoms with Gasteiger partial charge in [-0.05, 0) is 17.8 Å². The molecule has 2 fully saturated rings. The predicted molar refractivity (Wildman–Crippen MR) is 74.1 cm³/mol. The van der Waals surface area contributed by atoms with Gasteiger partial charge in [0.05, 0.1) is 12.5 Å². The van der Waals surface area contributed by atoms with Gasteiger partial charge in [-0.25, -0.2) is 0 Å². The lowest BCUT2D eigenvalue weighted by molar-refractivity contribution is -0.0823. The van der Waals surface area contributed by atoms with Gasteiger partial charge in [0.2, 0.25) is 5.60 Å². The first kappa shape index (κ1) is 14.2. The molecule has 3 unspecified atom stereocenters. The molecular weight excluding hydrogens is 224 g/mol. The quantitative estimate of drug-likeness (QED) is 0.706. The summed E-state index contributed by atoms with van der Waals surface area (Å²) in [6.07, 6.45) is 2.37. The third kappa shape index (κ3) is 1.72. The van der Waals surface area contributed by atoms with Crippen LogP contribution in [0.3, 0.4) is 0 Å². The van der Waals surface area contributed by atoms with E-state index in [1.54, 1.807) is 0 Å². The monoisotopic (exact) mass is 253 g/mol. The Morgan fingerprint density at radius 1 is 1.22 bits per heavy atom. The van der Waals surface area contributed by atoms with Crippen LogP contribution in [0.2, 0.25) is 0 Å². The normalized spacial score (nSPS) is 37.2. The van der Waals surface area contributed by atoms with E-state index >= 15 is 0 Å². The first-order valence-electron chi connectivity index (χ1n) is 7.31. The van der Waals surface area contributed by atoms with Crippen molar-refractivity contribution in [3.05, 3.63) is 6.10 Å². The van der Waals surface area contributed by atoms with Gasteiger partial charge in [0.1, 0.15) is 6.61 Å². The second kappa shape index (κ2) is 4.14. The first-order valence-corrected chi connectivity index (χ1v) is 7.31. The van der Waals surface area contributed by atoms with Crippen molar-refractivity contribution >= 4 is 0 Å². The zero-order valence-corrected chi connectivity index (χ0v) is 13.1. The average molecular weight is 253 g/mol. The zero-order chi connectivity index (χ0) is 13.8. The maximum absolute atomic E-state index is 6.15. The second-order valence-corrected chi connectivity index (χ2v) is 7.51. The van der Waals surface area contributed by atoms with Crippen LogP contribution < -0.4 is 0 Å². The van der Waals surface area contributed by atoms with Crippen LogP contribution in [0.25, 0.3) is 0 Å². The lowest BCUT2D eigenvalue weighted by atomic mass is 9.56. The fourth-order valence-corrected chi connectivity index (χ4v) is 3.65. The van der Waals surface area contributed by atoms with Gasteiger partial charge in [-0.15, -0.1) is 0 Å². The Bertz CT molecular complexity index is 321. The maximum Gasteiger partial charge on any atom is 0.279 e. The molecule has 3 atom stereocenters. The summed E-state index contributed by atoms with van der Waals surface area (Å²) in [4.78, 5) is 0. The minimum atomic E-state index is -0.171. The fraction of sp³-hybridized carbons (Fsp3) is 0.938. The average Bonchev–Trinajstić information content (AvgIpc) is 2.76. The van der Waals surface area contributed by atoms with E-state index in [0.717, 1.165) is 13.2 Å². The SMILES string of the molecule is CCC(C)(C)C(C)(C)C1CO[C+]2C(C)COC21C. The molecule has 2 rings (SSSR count). The molecule has 2 aliphatic rings. The highest BCUT2D eigenvalue weighted by Crippen LogP contribution is 2.59. The minimum absolute atomic E-state index is 0.171. The molecule has 104 valence electrons. The Labute approximate surface area is 112 Å². The lowest BCUT2D eigenvalue weighted by Crippen LogP contribution is -2.49. The van der Waals surface area contributed by atoms with Crippen molar-refractivity contribution in [3.63, 3.8) is 0 Å². The Morgan fingerprint density at radius 3 is 2.39 bits per heavy atom. The molecular formula is C16H29O2+. The molecule has 0 spiro atoms. The summed E-state index contributed by atoms with van der Waals surface area (Å²) >= 11 is 0. The predicted octanol–water partition coefficient (Wildman–Crippen LogP) is 4.05. The molecule has 2 saturated heterocycles. The van der Waals surface area contributed by atoms with Crippen LogP contribution in [0.15, 0.2) is 0 Å². The summed E-state index contributed by atoms with van der Waals surface area (Å²) in [5.74, 6) is 0.889. The van der Waals surface area contributed by atoms with Gasteiger partial charge in [0.25, 0.3) is 6.10 Å². The number of ether oxygens (including phenoxy) is 2. The molecule has 0 aliphatic carbocycles. The van der Waals surface area contributed by atoms with Crippen molar-refractivity contribution in [1.29, 1.82) is 0 Å². The van der Waals surface area contributed by atoms with Gasteiger partial charge in [-0.3, -0.25) is 0 Å². The molecule has 0 aromatic rings. The van der Waals surface area contributed by atoms with Gasteiger partial charge in [-0.2, -0.15) is 4.74 Å². The summed E-state index contributed by atoms with van der Waals surface area (Å²) < 4.78 is 12.2. The van der Waals surface area contributed by atoms with E-state index in [9.17, 15) is 0 Å². The van der Waals surface area contributed by atoms with E-state index < -0.39 is 0 Å². The second-order valence-electron chi connectivity index (χ2n) is 7.51. The van der Waals surface area contributed by atoms with Crippen LogP contribution >= 0.6 is 0 Å². The van der Waals surface area contributed by atoms with Gasteiger partial charge in [0.15, 0.2) is 5.92 Å². The van der Waals surface area contributed by atoms with E-state index in [4.69, 9.17) is 9.47 Å². The summed E-state index contributed by atoms with van der Waals surface area (Å²) in [5, 5.41) is 0. The van der Waals surface area contributed by atoms with E-state index in [1.807, 2.05) is 0 Å². The van der Waals surface area contributed by atoms with Gasteiger partial charge in [-0.1, -0.05) is 41.0 Å². The summed E-state index contributed by atoms with van der Waals surface area (Å²) in [7, 11) is 0. The number of hydrogen-bond acceptors (Lipinski definition) is 2. The van der Waals surface area contributed by atoms with E-state index in [2.05, 4.69) is 48.5 Å². The molecule has 0 amide bonds. The molecule has 0 aromatic carbocycles. The lowest BCUT2D eigenvalue weighted by Gasteiger charge is -2.46. The van der Waals surface area contributed by atoms with Crippen molar-refractivity contribution < 1.29 is 9.47 Å². The smallest absolute Gasteiger partial charge is 0.279 e. The molecule has 2 heterocycles. The Hall–Kier alpha value is -0.210. The molecule has 2 nitrogen and oxygen atoms in total. The third-order valence-electron chi connectivity index (χ3n) is 6.14. The van der Waals surface area contributed by atoms with Gasteiger partial charge in [0, 0.05) is 6.92 Å². The fourth-order valence-electron chi connectivity index (χ4n) is 3.65. The van der Waals surface area contributed by atoms with E-state index in [1.165, 1.54) is 12.5 Å². The topological polar surface area (TPSA) is 18.5 Å². The zero-order valence-electron chi connectivity index (χ0n) is 13.1. The van der Waals surface area contributed by atoms with Crippen LogP contribution in [0.1, 0.15) is 54.9 Å². The van der Waals surface area contributed by atoms with Crippen molar-refractivity contribution in [2.45, 2.75) is 60.5 Å². The van der Waals surface area contributed by atoms with Crippen LogP contribution in [0, 0.1) is 28.8 Å². The first-order chi connectivity index (χ1) is 8.17. The van der Waals surface area contributed by atoms with Crippen LogP contribution in [0.5, 0.6) is 0 Å². The molecule has 0 bridgehead atoms. The Kier molecular flexibility index (Phi) is 3.27. The maximum atomic E-state index is 6.15. The van der Waals surface area contributed by atoms with Crippen molar-refractivity contribution in [1.82, 2.24) is 0 Å². The number of fused-ring (bicyclic) bond motifs is 1. The minimum Gasteiger partial charge on any atom is -0.328 e. The van der Waals surface area contributed by atoms with E-state index in [-0.39, 0.29) is 16.4 Å². The molecule has 2 heteroatoms. The van der Waals surface area contributed by atoms with Crippen molar-refractivity contribution in [2.75, 3.05) is 13.2 Å². The molecule has 18 heavy (non-hydrogen) atoms. The largest absolute Gasteiger partial charge is 0.328 e. The summed E-state index contributed by atoms with van der Waals surface area (Å²) in [6.45, 7) is 17.8. The van der Waals surface area contributed by atoms with E-state index in [0.29, 0.717) is 11.8 Å². The number of rotatable bonds is 3. The summed E-state index contributed by atoms with van der Waals surface area (Å²) in [6, 6.07) is 0. The van der Waals surface area contributed by atoms with Crippen LogP contribution in [0.4, 0.5) is 0 Å². The molecule has 0 aromatic heterocycles. The Morgan fingerprint density at radius 2 is 1.83 bits per heavy atom. The third-order valence-corrected chi connectivity index (χ3v) is 6.14. The standard InChI is InChI=1S/C16H29O2/c1-8-14(3,4)15(5,6)12-10-17-13-11(2)9-18-16(12,13)7/h11-12H,8-10H2,1-7H3/q+1. The Balaban J connectivity index is 2.30. The summed E-state index contributed by atoms with van der Waals surface area (Å²) in [5.41, 5.74) is 0.312. The highest BCUT2D eigenvalue weighted by molar-refractivity contribution is 5.18. The van der Waals surface area contributed by atoms with Crippen LogP contribution in [-0.4, -0.2) is 18.8 Å². The highest BCUT2D eigenvalue weighted by Gasteiger charge is 2.71. The van der Waals surface area contributed by atoms with Crippen molar-refractivity contribution in [3.8, 4) is 0 Å².